The van der Waals surface area contributed by atoms with Crippen molar-refractivity contribution in [3.05, 3.63) is 69.0 Å². The van der Waals surface area contributed by atoms with Gasteiger partial charge in [-0.15, -0.1) is 22.7 Å². The number of hydrogen-bond donors (Lipinski definition) is 1. The van der Waals surface area contributed by atoms with Crippen LogP contribution in [0, 0.1) is 0 Å². The second kappa shape index (κ2) is 10.1. The summed E-state index contributed by atoms with van der Waals surface area (Å²) >= 11 is 3.04. The van der Waals surface area contributed by atoms with Gasteiger partial charge in [-0.05, 0) is 47.9 Å². The van der Waals surface area contributed by atoms with Crippen molar-refractivity contribution in [3.8, 4) is 5.75 Å². The Bertz CT molecular complexity index is 996. The molecular formula is C24H26N2O3S2. The summed E-state index contributed by atoms with van der Waals surface area (Å²) in [6.45, 7) is 0. The molecule has 1 N–H and O–H groups in total. The molecule has 0 bridgehead atoms. The van der Waals surface area contributed by atoms with Crippen molar-refractivity contribution in [1.82, 2.24) is 5.32 Å². The molecule has 1 aromatic carbocycles. The van der Waals surface area contributed by atoms with E-state index in [0.29, 0.717) is 11.4 Å². The Morgan fingerprint density at radius 1 is 1.10 bits per heavy atom. The van der Waals surface area contributed by atoms with E-state index in [1.807, 2.05) is 59.3 Å². The molecule has 31 heavy (non-hydrogen) atoms. The quantitative estimate of drug-likeness (QED) is 0.509. The normalized spacial score (nSPS) is 14.9. The Morgan fingerprint density at radius 2 is 1.87 bits per heavy atom. The lowest BCUT2D eigenvalue weighted by Crippen LogP contribution is -2.46. The lowest BCUT2D eigenvalue weighted by molar-refractivity contribution is -0.126. The first-order valence-electron chi connectivity index (χ1n) is 10.5. The van der Waals surface area contributed by atoms with E-state index < -0.39 is 6.04 Å². The van der Waals surface area contributed by atoms with Gasteiger partial charge in [0.25, 0.3) is 0 Å². The Morgan fingerprint density at radius 3 is 2.55 bits per heavy atom. The largest absolute Gasteiger partial charge is 0.497 e. The number of amides is 2. The summed E-state index contributed by atoms with van der Waals surface area (Å²) in [5, 5.41) is 7.11. The number of rotatable bonds is 8. The lowest BCUT2D eigenvalue weighted by Gasteiger charge is -2.31. The first kappa shape index (κ1) is 21.6. The van der Waals surface area contributed by atoms with E-state index in [9.17, 15) is 9.59 Å². The maximum Gasteiger partial charge on any atom is 0.248 e. The van der Waals surface area contributed by atoms with Crippen LogP contribution in [-0.2, 0) is 16.0 Å². The summed E-state index contributed by atoms with van der Waals surface area (Å²) in [5.74, 6) is 0.403. The first-order chi connectivity index (χ1) is 15.2. The summed E-state index contributed by atoms with van der Waals surface area (Å²) in [4.78, 5) is 30.6. The number of carbonyl (C=O) groups excluding carboxylic acids is 2. The van der Waals surface area contributed by atoms with Gasteiger partial charge in [0.15, 0.2) is 0 Å². The number of ether oxygens (including phenoxy) is 1. The molecule has 7 heteroatoms. The summed E-state index contributed by atoms with van der Waals surface area (Å²) in [6.07, 6.45) is 4.49. The molecule has 1 fully saturated rings. The zero-order valence-corrected chi connectivity index (χ0v) is 19.1. The topological polar surface area (TPSA) is 58.6 Å². The van der Waals surface area contributed by atoms with Crippen LogP contribution in [0.1, 0.15) is 41.5 Å². The second-order valence-corrected chi connectivity index (χ2v) is 9.64. The minimum absolute atomic E-state index is 0.115. The van der Waals surface area contributed by atoms with Crippen LogP contribution in [0.5, 0.6) is 5.75 Å². The van der Waals surface area contributed by atoms with Crippen molar-refractivity contribution in [2.75, 3.05) is 12.0 Å². The average molecular weight is 455 g/mol. The predicted molar refractivity (Wildman–Crippen MR) is 126 cm³/mol. The third-order valence-electron chi connectivity index (χ3n) is 5.53. The predicted octanol–water partition coefficient (Wildman–Crippen LogP) is 5.19. The summed E-state index contributed by atoms with van der Waals surface area (Å²) < 4.78 is 5.40. The Balaban J connectivity index is 1.72. The molecule has 1 saturated carbocycles. The van der Waals surface area contributed by atoms with Crippen LogP contribution in [0.15, 0.2) is 59.3 Å². The molecule has 3 aromatic rings. The van der Waals surface area contributed by atoms with E-state index in [-0.39, 0.29) is 24.3 Å². The molecule has 162 valence electrons. The monoisotopic (exact) mass is 454 g/mol. The van der Waals surface area contributed by atoms with Gasteiger partial charge < -0.3 is 10.1 Å². The molecule has 0 saturated heterocycles. The average Bonchev–Trinajstić information content (AvgIpc) is 3.55. The molecule has 0 spiro atoms. The van der Waals surface area contributed by atoms with Crippen LogP contribution in [0.2, 0.25) is 0 Å². The third-order valence-corrected chi connectivity index (χ3v) is 7.33. The Hall–Kier alpha value is -2.64. The molecule has 0 aliphatic heterocycles. The highest BCUT2D eigenvalue weighted by Crippen LogP contribution is 2.34. The number of nitrogens with zero attached hydrogens (tertiary/aromatic N) is 1. The first-order valence-corrected chi connectivity index (χ1v) is 12.2. The number of carbonyl (C=O) groups is 2. The van der Waals surface area contributed by atoms with Crippen molar-refractivity contribution >= 4 is 40.2 Å². The van der Waals surface area contributed by atoms with Gasteiger partial charge in [0.1, 0.15) is 11.8 Å². The van der Waals surface area contributed by atoms with Gasteiger partial charge in [-0.25, -0.2) is 0 Å². The van der Waals surface area contributed by atoms with Crippen LogP contribution in [0.3, 0.4) is 0 Å². The minimum Gasteiger partial charge on any atom is -0.497 e. The fourth-order valence-corrected chi connectivity index (χ4v) is 5.52. The second-order valence-electron chi connectivity index (χ2n) is 7.63. The van der Waals surface area contributed by atoms with Crippen LogP contribution >= 0.6 is 22.7 Å². The van der Waals surface area contributed by atoms with Gasteiger partial charge >= 0.3 is 0 Å². The molecular weight excluding hydrogens is 428 g/mol. The van der Waals surface area contributed by atoms with E-state index >= 15 is 0 Å². The van der Waals surface area contributed by atoms with Gasteiger partial charge in [0.05, 0.1) is 13.5 Å². The Kier molecular flexibility index (Phi) is 7.04. The maximum absolute atomic E-state index is 13.6. The summed E-state index contributed by atoms with van der Waals surface area (Å²) in [5.41, 5.74) is 0.654. The number of thiophene rings is 2. The minimum atomic E-state index is -0.722. The lowest BCUT2D eigenvalue weighted by atomic mass is 10.1. The molecule has 1 aliphatic rings. The van der Waals surface area contributed by atoms with Crippen molar-refractivity contribution in [3.63, 3.8) is 0 Å². The smallest absolute Gasteiger partial charge is 0.248 e. The standard InChI is InChI=1S/C24H26N2O3S2/c1-29-19-10-4-9-18(15-19)26(22(27)16-20-11-5-13-30-20)23(21-12-6-14-31-21)24(28)25-17-7-2-3-8-17/h4-6,9-15,17,23H,2-3,7-8,16H2,1H3,(H,25,28)/t23-/m1/s1. The van der Waals surface area contributed by atoms with Crippen LogP contribution in [-0.4, -0.2) is 25.0 Å². The fourth-order valence-electron chi connectivity index (χ4n) is 4.02. The zero-order chi connectivity index (χ0) is 21.6. The van der Waals surface area contributed by atoms with Crippen LogP contribution < -0.4 is 15.0 Å². The summed E-state index contributed by atoms with van der Waals surface area (Å²) in [6, 6.07) is 14.5. The molecule has 4 rings (SSSR count). The van der Waals surface area contributed by atoms with E-state index in [1.165, 1.54) is 11.3 Å². The highest BCUT2D eigenvalue weighted by molar-refractivity contribution is 7.10. The van der Waals surface area contributed by atoms with Gasteiger partial charge in [-0.3, -0.25) is 14.5 Å². The fraction of sp³-hybridized carbons (Fsp3) is 0.333. The van der Waals surface area contributed by atoms with Crippen LogP contribution in [0.25, 0.3) is 0 Å². The molecule has 1 aliphatic carbocycles. The van der Waals surface area contributed by atoms with E-state index in [0.717, 1.165) is 35.4 Å². The van der Waals surface area contributed by atoms with Gasteiger partial charge in [-0.1, -0.05) is 31.0 Å². The van der Waals surface area contributed by atoms with Gasteiger partial charge in [-0.2, -0.15) is 0 Å². The van der Waals surface area contributed by atoms with Crippen molar-refractivity contribution in [2.24, 2.45) is 0 Å². The van der Waals surface area contributed by atoms with E-state index in [4.69, 9.17) is 4.74 Å². The highest BCUT2D eigenvalue weighted by Gasteiger charge is 2.35. The molecule has 2 aromatic heterocycles. The van der Waals surface area contributed by atoms with Gasteiger partial charge in [0.2, 0.25) is 11.8 Å². The number of benzene rings is 1. The number of methoxy groups -OCH3 is 1. The third kappa shape index (κ3) is 5.17. The molecule has 2 amide bonds. The highest BCUT2D eigenvalue weighted by atomic mass is 32.1. The number of anilines is 1. The maximum atomic E-state index is 13.6. The molecule has 0 unspecified atom stereocenters. The van der Waals surface area contributed by atoms with Crippen molar-refractivity contribution in [2.45, 2.75) is 44.2 Å². The van der Waals surface area contributed by atoms with Gasteiger partial charge in [0, 0.05) is 27.5 Å². The molecule has 1 atom stereocenters. The molecule has 5 nitrogen and oxygen atoms in total. The van der Waals surface area contributed by atoms with E-state index in [1.54, 1.807) is 23.3 Å². The van der Waals surface area contributed by atoms with Crippen molar-refractivity contribution in [1.29, 1.82) is 0 Å². The van der Waals surface area contributed by atoms with E-state index in [2.05, 4.69) is 5.32 Å². The SMILES string of the molecule is COc1cccc(N(C(=O)Cc2cccs2)[C@@H](C(=O)NC2CCCC2)c2cccs2)c1. The molecule has 2 heterocycles. The van der Waals surface area contributed by atoms with Crippen molar-refractivity contribution < 1.29 is 14.3 Å². The zero-order valence-electron chi connectivity index (χ0n) is 17.5. The number of nitrogens with one attached hydrogen (secondary N) is 1. The molecule has 0 radical (unpaired) electrons. The summed E-state index contributed by atoms with van der Waals surface area (Å²) in [7, 11) is 1.60. The van der Waals surface area contributed by atoms with Crippen LogP contribution in [0.4, 0.5) is 5.69 Å². The number of hydrogen-bond acceptors (Lipinski definition) is 5. The Labute approximate surface area is 190 Å².